The first kappa shape index (κ1) is 15.1. The second kappa shape index (κ2) is 8.28. The minimum absolute atomic E-state index is 0.0264. The largest absolute Gasteiger partial charge is 0.324 e. The van der Waals surface area contributed by atoms with Gasteiger partial charge in [0, 0.05) is 18.8 Å². The van der Waals surface area contributed by atoms with Crippen LogP contribution in [-0.4, -0.2) is 18.8 Å². The maximum Gasteiger partial charge on any atom is 0.0391 e. The minimum Gasteiger partial charge on any atom is -0.324 e. The average Bonchev–Trinajstić information content (AvgIpc) is 2.22. The van der Waals surface area contributed by atoms with Crippen LogP contribution in [0.15, 0.2) is 29.3 Å². The van der Waals surface area contributed by atoms with E-state index in [0.29, 0.717) is 0 Å². The van der Waals surface area contributed by atoms with Gasteiger partial charge in [0.25, 0.3) is 0 Å². The fourth-order valence-electron chi connectivity index (χ4n) is 1.23. The van der Waals surface area contributed by atoms with Gasteiger partial charge in [-0.25, -0.2) is 0 Å². The molecule has 92 valence electrons. The lowest BCUT2D eigenvalue weighted by atomic mass is 9.95. The molecule has 0 aliphatic heterocycles. The van der Waals surface area contributed by atoms with Crippen molar-refractivity contribution >= 4 is 6.21 Å². The van der Waals surface area contributed by atoms with Crippen LogP contribution in [0, 0.1) is 11.8 Å². The molecule has 0 saturated carbocycles. The van der Waals surface area contributed by atoms with E-state index < -0.39 is 0 Å². The summed E-state index contributed by atoms with van der Waals surface area (Å²) < 4.78 is 0. The standard InChI is InChI=1S/C14H26N2/c1-6-14(13(5)15)8-10-16-9-7-12(4)11(2)3/h6,8,10-13H,1,7,9,15H2,2-5H3/b14-8+,16-10?. The molecule has 0 aromatic carbocycles. The van der Waals surface area contributed by atoms with Crippen LogP contribution in [0.5, 0.6) is 0 Å². The molecule has 0 aromatic rings. The molecule has 0 saturated heterocycles. The van der Waals surface area contributed by atoms with E-state index in [0.717, 1.165) is 30.4 Å². The third-order valence-electron chi connectivity index (χ3n) is 2.99. The van der Waals surface area contributed by atoms with Gasteiger partial charge in [0.1, 0.15) is 0 Å². The van der Waals surface area contributed by atoms with Gasteiger partial charge in [-0.1, -0.05) is 33.4 Å². The predicted octanol–water partition coefficient (Wildman–Crippen LogP) is 3.20. The second-order valence-corrected chi connectivity index (χ2v) is 4.72. The summed E-state index contributed by atoms with van der Waals surface area (Å²) in [6.07, 6.45) is 6.71. The smallest absolute Gasteiger partial charge is 0.0391 e. The van der Waals surface area contributed by atoms with Gasteiger partial charge in [0.05, 0.1) is 0 Å². The van der Waals surface area contributed by atoms with Crippen molar-refractivity contribution in [1.29, 1.82) is 0 Å². The first-order valence-electron chi connectivity index (χ1n) is 6.07. The Hall–Kier alpha value is -0.890. The van der Waals surface area contributed by atoms with Crippen molar-refractivity contribution in [2.45, 2.75) is 40.2 Å². The van der Waals surface area contributed by atoms with Crippen LogP contribution in [0.25, 0.3) is 0 Å². The van der Waals surface area contributed by atoms with Crippen molar-refractivity contribution in [2.75, 3.05) is 6.54 Å². The predicted molar refractivity (Wildman–Crippen MR) is 73.9 cm³/mol. The summed E-state index contributed by atoms with van der Waals surface area (Å²) in [5.41, 5.74) is 6.78. The summed E-state index contributed by atoms with van der Waals surface area (Å²) in [7, 11) is 0. The van der Waals surface area contributed by atoms with Crippen LogP contribution in [0.1, 0.15) is 34.1 Å². The van der Waals surface area contributed by atoms with Gasteiger partial charge in [-0.05, 0) is 36.8 Å². The van der Waals surface area contributed by atoms with Crippen molar-refractivity contribution < 1.29 is 0 Å². The minimum atomic E-state index is 0.0264. The summed E-state index contributed by atoms with van der Waals surface area (Å²) in [6, 6.07) is 0.0264. The molecule has 0 radical (unpaired) electrons. The number of nitrogens with two attached hydrogens (primary N) is 1. The van der Waals surface area contributed by atoms with E-state index in [9.17, 15) is 0 Å². The van der Waals surface area contributed by atoms with Crippen LogP contribution < -0.4 is 5.73 Å². The zero-order valence-corrected chi connectivity index (χ0v) is 11.1. The summed E-state index contributed by atoms with van der Waals surface area (Å²) in [4.78, 5) is 4.36. The Morgan fingerprint density at radius 2 is 1.94 bits per heavy atom. The molecule has 2 atom stereocenters. The molecule has 2 nitrogen and oxygen atoms in total. The Balaban J connectivity index is 3.98. The van der Waals surface area contributed by atoms with Gasteiger partial charge in [0.2, 0.25) is 0 Å². The third kappa shape index (κ3) is 6.57. The maximum atomic E-state index is 5.75. The Bertz CT molecular complexity index is 249. The molecule has 0 rings (SSSR count). The molecule has 2 N–H and O–H groups in total. The Morgan fingerprint density at radius 3 is 2.38 bits per heavy atom. The fraction of sp³-hybridized carbons (Fsp3) is 0.643. The monoisotopic (exact) mass is 222 g/mol. The van der Waals surface area contributed by atoms with E-state index in [1.807, 2.05) is 19.2 Å². The first-order chi connectivity index (χ1) is 7.49. The number of hydrogen-bond donors (Lipinski definition) is 1. The lowest BCUT2D eigenvalue weighted by Gasteiger charge is -2.13. The molecule has 0 aromatic heterocycles. The second-order valence-electron chi connectivity index (χ2n) is 4.72. The van der Waals surface area contributed by atoms with Crippen LogP contribution in [0.2, 0.25) is 0 Å². The average molecular weight is 222 g/mol. The van der Waals surface area contributed by atoms with Crippen molar-refractivity contribution in [3.8, 4) is 0 Å². The summed E-state index contributed by atoms with van der Waals surface area (Å²) in [5.74, 6) is 1.46. The molecule has 16 heavy (non-hydrogen) atoms. The van der Waals surface area contributed by atoms with Crippen LogP contribution in [-0.2, 0) is 0 Å². The number of rotatable bonds is 7. The number of allylic oxidation sites excluding steroid dienone is 1. The Kier molecular flexibility index (Phi) is 7.82. The van der Waals surface area contributed by atoms with Gasteiger partial charge in [-0.2, -0.15) is 0 Å². The molecule has 2 heteroatoms. The first-order valence-corrected chi connectivity index (χ1v) is 6.07. The molecule has 0 amide bonds. The van der Waals surface area contributed by atoms with E-state index in [2.05, 4.69) is 32.3 Å². The van der Waals surface area contributed by atoms with Gasteiger partial charge in [0.15, 0.2) is 0 Å². The van der Waals surface area contributed by atoms with Gasteiger partial charge in [-0.15, -0.1) is 0 Å². The lowest BCUT2D eigenvalue weighted by Crippen LogP contribution is -2.16. The highest BCUT2D eigenvalue weighted by molar-refractivity contribution is 5.73. The molecule has 0 spiro atoms. The molecule has 0 aliphatic rings. The SMILES string of the molecule is C=C/C(=C\C=NCCC(C)C(C)C)C(C)N. The molecule has 0 heterocycles. The molecule has 0 fully saturated rings. The van der Waals surface area contributed by atoms with Gasteiger partial charge >= 0.3 is 0 Å². The zero-order chi connectivity index (χ0) is 12.6. The van der Waals surface area contributed by atoms with Crippen molar-refractivity contribution in [3.63, 3.8) is 0 Å². The van der Waals surface area contributed by atoms with Crippen molar-refractivity contribution in [2.24, 2.45) is 22.6 Å². The Morgan fingerprint density at radius 1 is 1.31 bits per heavy atom. The van der Waals surface area contributed by atoms with Crippen molar-refractivity contribution in [1.82, 2.24) is 0 Å². The maximum absolute atomic E-state index is 5.75. The number of aliphatic imine (C=N–C) groups is 1. The number of nitrogens with zero attached hydrogens (tertiary/aromatic N) is 1. The highest BCUT2D eigenvalue weighted by Crippen LogP contribution is 2.13. The summed E-state index contributed by atoms with van der Waals surface area (Å²) in [6.45, 7) is 13.3. The molecular formula is C14H26N2. The van der Waals surface area contributed by atoms with Gasteiger partial charge < -0.3 is 5.73 Å². The van der Waals surface area contributed by atoms with E-state index in [1.165, 1.54) is 0 Å². The molecule has 0 aliphatic carbocycles. The quantitative estimate of drug-likeness (QED) is 0.521. The highest BCUT2D eigenvalue weighted by Gasteiger charge is 2.04. The molecule has 2 unspecified atom stereocenters. The Labute approximate surface area is 100 Å². The van der Waals surface area contributed by atoms with E-state index >= 15 is 0 Å². The molecular weight excluding hydrogens is 196 g/mol. The molecule has 0 bridgehead atoms. The zero-order valence-electron chi connectivity index (χ0n) is 11.1. The third-order valence-corrected chi connectivity index (χ3v) is 2.99. The fourth-order valence-corrected chi connectivity index (χ4v) is 1.23. The van der Waals surface area contributed by atoms with Crippen LogP contribution >= 0.6 is 0 Å². The topological polar surface area (TPSA) is 38.4 Å². The van der Waals surface area contributed by atoms with E-state index in [4.69, 9.17) is 5.73 Å². The van der Waals surface area contributed by atoms with Crippen molar-refractivity contribution in [3.05, 3.63) is 24.3 Å². The number of hydrogen-bond acceptors (Lipinski definition) is 2. The van der Waals surface area contributed by atoms with Crippen LogP contribution in [0.4, 0.5) is 0 Å². The normalized spacial score (nSPS) is 16.8. The van der Waals surface area contributed by atoms with Gasteiger partial charge in [-0.3, -0.25) is 4.99 Å². The van der Waals surface area contributed by atoms with Crippen LogP contribution in [0.3, 0.4) is 0 Å². The highest BCUT2D eigenvalue weighted by atomic mass is 14.7. The summed E-state index contributed by atoms with van der Waals surface area (Å²) in [5, 5.41) is 0. The lowest BCUT2D eigenvalue weighted by molar-refractivity contribution is 0.398. The summed E-state index contributed by atoms with van der Waals surface area (Å²) >= 11 is 0. The van der Waals surface area contributed by atoms with E-state index in [-0.39, 0.29) is 6.04 Å². The van der Waals surface area contributed by atoms with E-state index in [1.54, 1.807) is 6.08 Å².